The maximum atomic E-state index is 10.8. The highest BCUT2D eigenvalue weighted by Crippen LogP contribution is 2.20. The predicted molar refractivity (Wildman–Crippen MR) is 92.8 cm³/mol. The summed E-state index contributed by atoms with van der Waals surface area (Å²) in [6.07, 6.45) is 0. The molecule has 3 rings (SSSR count). The highest BCUT2D eigenvalue weighted by molar-refractivity contribution is 7.99. The van der Waals surface area contributed by atoms with Crippen molar-refractivity contribution >= 4 is 29.2 Å². The monoisotopic (exact) mass is 329 g/mol. The summed E-state index contributed by atoms with van der Waals surface area (Å²) in [7, 11) is 0. The first kappa shape index (κ1) is 15.6. The Morgan fingerprint density at radius 2 is 1.70 bits per heavy atom. The molecule has 23 heavy (non-hydrogen) atoms. The molecule has 1 saturated heterocycles. The Morgan fingerprint density at radius 1 is 1.00 bits per heavy atom. The molecule has 1 fully saturated rings. The standard InChI is InChI=1S/C16H19N5OS/c17-14(22)12-23-16-7-6-15(18-19-16)21-10-8-20(9-11-21)13-4-2-1-3-5-13/h1-7H,8-12H2,(H2,17,22). The largest absolute Gasteiger partial charge is 0.369 e. The molecule has 0 bridgehead atoms. The molecule has 0 spiro atoms. The Kier molecular flexibility index (Phi) is 4.97. The number of para-hydroxylation sites is 1. The molecule has 0 saturated carbocycles. The number of aromatic nitrogens is 2. The number of benzene rings is 1. The fraction of sp³-hybridized carbons (Fsp3) is 0.312. The zero-order valence-corrected chi connectivity index (χ0v) is 13.6. The fourth-order valence-corrected chi connectivity index (χ4v) is 3.09. The van der Waals surface area contributed by atoms with Gasteiger partial charge in [-0.3, -0.25) is 4.79 Å². The first-order valence-electron chi connectivity index (χ1n) is 7.52. The van der Waals surface area contributed by atoms with Gasteiger partial charge >= 0.3 is 0 Å². The Hall–Kier alpha value is -2.28. The first-order chi connectivity index (χ1) is 11.2. The summed E-state index contributed by atoms with van der Waals surface area (Å²) in [5, 5.41) is 9.13. The van der Waals surface area contributed by atoms with Crippen molar-refractivity contribution in [3.05, 3.63) is 42.5 Å². The van der Waals surface area contributed by atoms with Crippen molar-refractivity contribution < 1.29 is 4.79 Å². The number of thioether (sulfide) groups is 1. The van der Waals surface area contributed by atoms with Crippen LogP contribution in [0, 0.1) is 0 Å². The minimum absolute atomic E-state index is 0.226. The number of anilines is 2. The Balaban J connectivity index is 1.56. The van der Waals surface area contributed by atoms with Crippen molar-refractivity contribution in [2.24, 2.45) is 5.73 Å². The topological polar surface area (TPSA) is 75.4 Å². The summed E-state index contributed by atoms with van der Waals surface area (Å²) in [5.41, 5.74) is 6.39. The lowest BCUT2D eigenvalue weighted by Gasteiger charge is -2.36. The number of primary amides is 1. The van der Waals surface area contributed by atoms with E-state index in [0.29, 0.717) is 0 Å². The Bertz CT molecular complexity index is 641. The van der Waals surface area contributed by atoms with Gasteiger partial charge in [-0.1, -0.05) is 30.0 Å². The molecule has 1 aromatic heterocycles. The van der Waals surface area contributed by atoms with E-state index < -0.39 is 0 Å². The van der Waals surface area contributed by atoms with Crippen LogP contribution in [0.25, 0.3) is 0 Å². The molecular weight excluding hydrogens is 310 g/mol. The Morgan fingerprint density at radius 3 is 2.30 bits per heavy atom. The molecule has 1 aliphatic rings. The number of hydrogen-bond acceptors (Lipinski definition) is 6. The van der Waals surface area contributed by atoms with E-state index in [1.807, 2.05) is 18.2 Å². The van der Waals surface area contributed by atoms with E-state index >= 15 is 0 Å². The van der Waals surface area contributed by atoms with Crippen LogP contribution in [0.3, 0.4) is 0 Å². The van der Waals surface area contributed by atoms with Gasteiger partial charge in [0.05, 0.1) is 5.75 Å². The Labute approximate surface area is 139 Å². The predicted octanol–water partition coefficient (Wildman–Crippen LogP) is 1.38. The SMILES string of the molecule is NC(=O)CSc1ccc(N2CCN(c3ccccc3)CC2)nn1. The summed E-state index contributed by atoms with van der Waals surface area (Å²) in [4.78, 5) is 15.4. The maximum Gasteiger partial charge on any atom is 0.227 e. The van der Waals surface area contributed by atoms with Gasteiger partial charge in [0.2, 0.25) is 5.91 Å². The molecule has 6 nitrogen and oxygen atoms in total. The normalized spacial score (nSPS) is 14.8. The zero-order chi connectivity index (χ0) is 16.1. The third-order valence-electron chi connectivity index (χ3n) is 3.71. The van der Waals surface area contributed by atoms with Crippen LogP contribution in [-0.2, 0) is 4.79 Å². The van der Waals surface area contributed by atoms with E-state index in [-0.39, 0.29) is 11.7 Å². The van der Waals surface area contributed by atoms with Crippen LogP contribution < -0.4 is 15.5 Å². The van der Waals surface area contributed by atoms with Crippen molar-refractivity contribution in [2.75, 3.05) is 41.7 Å². The average Bonchev–Trinajstić information content (AvgIpc) is 2.61. The summed E-state index contributed by atoms with van der Waals surface area (Å²) in [6, 6.07) is 14.3. The molecule has 2 aromatic rings. The lowest BCUT2D eigenvalue weighted by molar-refractivity contribution is -0.115. The van der Waals surface area contributed by atoms with Gasteiger partial charge in [0.1, 0.15) is 5.03 Å². The number of carbonyl (C=O) groups excluding carboxylic acids is 1. The van der Waals surface area contributed by atoms with E-state index in [1.165, 1.54) is 17.4 Å². The second-order valence-corrected chi connectivity index (χ2v) is 6.29. The van der Waals surface area contributed by atoms with Crippen LogP contribution in [-0.4, -0.2) is 48.0 Å². The third-order valence-corrected chi connectivity index (χ3v) is 4.66. The van der Waals surface area contributed by atoms with E-state index in [2.05, 4.69) is 44.3 Å². The minimum atomic E-state index is -0.349. The molecule has 1 aliphatic heterocycles. The van der Waals surface area contributed by atoms with Crippen LogP contribution >= 0.6 is 11.8 Å². The molecule has 2 heterocycles. The minimum Gasteiger partial charge on any atom is -0.369 e. The van der Waals surface area contributed by atoms with Gasteiger partial charge < -0.3 is 15.5 Å². The smallest absolute Gasteiger partial charge is 0.227 e. The summed E-state index contributed by atoms with van der Waals surface area (Å²) in [6.45, 7) is 3.75. The number of amides is 1. The molecule has 2 N–H and O–H groups in total. The van der Waals surface area contributed by atoms with Gasteiger partial charge in [0, 0.05) is 31.9 Å². The van der Waals surface area contributed by atoms with Crippen LogP contribution in [0.15, 0.2) is 47.5 Å². The zero-order valence-electron chi connectivity index (χ0n) is 12.8. The second kappa shape index (κ2) is 7.32. The number of nitrogens with two attached hydrogens (primary N) is 1. The molecule has 0 aliphatic carbocycles. The molecule has 1 aromatic carbocycles. The number of nitrogens with zero attached hydrogens (tertiary/aromatic N) is 4. The van der Waals surface area contributed by atoms with E-state index in [4.69, 9.17) is 5.73 Å². The van der Waals surface area contributed by atoms with E-state index in [0.717, 1.165) is 37.0 Å². The van der Waals surface area contributed by atoms with Crippen LogP contribution in [0.1, 0.15) is 0 Å². The summed E-state index contributed by atoms with van der Waals surface area (Å²) < 4.78 is 0. The molecule has 0 radical (unpaired) electrons. The van der Waals surface area contributed by atoms with Gasteiger partial charge in [0.15, 0.2) is 5.82 Å². The highest BCUT2D eigenvalue weighted by atomic mass is 32.2. The van der Waals surface area contributed by atoms with Crippen molar-refractivity contribution in [1.29, 1.82) is 0 Å². The van der Waals surface area contributed by atoms with Crippen molar-refractivity contribution in [3.8, 4) is 0 Å². The van der Waals surface area contributed by atoms with Crippen LogP contribution in [0.5, 0.6) is 0 Å². The van der Waals surface area contributed by atoms with Crippen molar-refractivity contribution in [1.82, 2.24) is 10.2 Å². The van der Waals surface area contributed by atoms with Gasteiger partial charge in [-0.2, -0.15) is 0 Å². The van der Waals surface area contributed by atoms with Crippen molar-refractivity contribution in [3.63, 3.8) is 0 Å². The summed E-state index contributed by atoms with van der Waals surface area (Å²) in [5.74, 6) is 0.753. The number of rotatable bonds is 5. The number of hydrogen-bond donors (Lipinski definition) is 1. The quantitative estimate of drug-likeness (QED) is 0.835. The van der Waals surface area contributed by atoms with Crippen LogP contribution in [0.2, 0.25) is 0 Å². The van der Waals surface area contributed by atoms with Gasteiger partial charge in [-0.15, -0.1) is 10.2 Å². The van der Waals surface area contributed by atoms with Crippen molar-refractivity contribution in [2.45, 2.75) is 5.03 Å². The maximum absolute atomic E-state index is 10.8. The van der Waals surface area contributed by atoms with E-state index in [9.17, 15) is 4.79 Å². The van der Waals surface area contributed by atoms with Gasteiger partial charge in [0.25, 0.3) is 0 Å². The van der Waals surface area contributed by atoms with Crippen LogP contribution in [0.4, 0.5) is 11.5 Å². The number of carbonyl (C=O) groups is 1. The molecule has 0 atom stereocenters. The summed E-state index contributed by atoms with van der Waals surface area (Å²) >= 11 is 1.31. The molecule has 1 amide bonds. The lowest BCUT2D eigenvalue weighted by atomic mass is 10.2. The molecule has 7 heteroatoms. The lowest BCUT2D eigenvalue weighted by Crippen LogP contribution is -2.46. The van der Waals surface area contributed by atoms with Gasteiger partial charge in [-0.05, 0) is 24.3 Å². The van der Waals surface area contributed by atoms with Gasteiger partial charge in [-0.25, -0.2) is 0 Å². The molecule has 0 unspecified atom stereocenters. The van der Waals surface area contributed by atoms with E-state index in [1.54, 1.807) is 0 Å². The average molecular weight is 329 g/mol. The number of piperazine rings is 1. The highest BCUT2D eigenvalue weighted by Gasteiger charge is 2.18. The third kappa shape index (κ3) is 4.13. The molecule has 120 valence electrons. The second-order valence-electron chi connectivity index (χ2n) is 5.29. The fourth-order valence-electron chi connectivity index (χ4n) is 2.54. The molecular formula is C16H19N5OS. The first-order valence-corrected chi connectivity index (χ1v) is 8.51.